The molecule has 0 radical (unpaired) electrons. The standard InChI is InChI=1S/C12H13N3O4/c1-7-8(6-13)2-3-9(14-7)11(17)15-10(4-5-16)12(18)19/h2-3,10,16H,4-5H2,1H3,(H,15,17)(H,18,19). The lowest BCUT2D eigenvalue weighted by molar-refractivity contribution is -0.139. The number of hydrogen-bond donors (Lipinski definition) is 3. The van der Waals surface area contributed by atoms with Crippen LogP contribution in [0.3, 0.4) is 0 Å². The Kier molecular flexibility index (Phi) is 4.97. The van der Waals surface area contributed by atoms with E-state index in [2.05, 4.69) is 10.3 Å². The third-order valence-electron chi connectivity index (χ3n) is 2.46. The van der Waals surface area contributed by atoms with Crippen LogP contribution in [0.25, 0.3) is 0 Å². The van der Waals surface area contributed by atoms with Gasteiger partial charge in [0.1, 0.15) is 17.8 Å². The summed E-state index contributed by atoms with van der Waals surface area (Å²) in [7, 11) is 0. The van der Waals surface area contributed by atoms with Gasteiger partial charge in [0, 0.05) is 13.0 Å². The van der Waals surface area contributed by atoms with Gasteiger partial charge in [-0.3, -0.25) is 4.79 Å². The summed E-state index contributed by atoms with van der Waals surface area (Å²) in [6.45, 7) is 1.23. The van der Waals surface area contributed by atoms with E-state index < -0.39 is 17.9 Å². The molecule has 7 nitrogen and oxygen atoms in total. The van der Waals surface area contributed by atoms with Crippen molar-refractivity contribution >= 4 is 11.9 Å². The highest BCUT2D eigenvalue weighted by atomic mass is 16.4. The molecule has 0 aliphatic rings. The molecule has 0 aromatic carbocycles. The average Bonchev–Trinajstić information content (AvgIpc) is 2.37. The van der Waals surface area contributed by atoms with Crippen molar-refractivity contribution in [3.05, 3.63) is 29.1 Å². The SMILES string of the molecule is Cc1nc(C(=O)NC(CCO)C(=O)O)ccc1C#N. The molecule has 1 heterocycles. The minimum absolute atomic E-state index is 0.0284. The fraction of sp³-hybridized carbons (Fsp3) is 0.333. The van der Waals surface area contributed by atoms with Gasteiger partial charge in [-0.1, -0.05) is 0 Å². The summed E-state index contributed by atoms with van der Waals surface area (Å²) in [6, 6.07) is 3.54. The number of aromatic nitrogens is 1. The lowest BCUT2D eigenvalue weighted by Gasteiger charge is -2.13. The van der Waals surface area contributed by atoms with E-state index in [1.165, 1.54) is 12.1 Å². The number of carboxylic acids is 1. The van der Waals surface area contributed by atoms with Crippen LogP contribution in [0.5, 0.6) is 0 Å². The maximum atomic E-state index is 11.8. The first-order chi connectivity index (χ1) is 8.99. The Balaban J connectivity index is 2.86. The number of aryl methyl sites for hydroxylation is 1. The molecule has 0 fully saturated rings. The van der Waals surface area contributed by atoms with Crippen LogP contribution in [-0.4, -0.2) is 39.7 Å². The lowest BCUT2D eigenvalue weighted by Crippen LogP contribution is -2.41. The zero-order chi connectivity index (χ0) is 14.4. The molecule has 0 aliphatic carbocycles. The van der Waals surface area contributed by atoms with E-state index in [4.69, 9.17) is 15.5 Å². The molecule has 0 spiro atoms. The van der Waals surface area contributed by atoms with E-state index in [-0.39, 0.29) is 18.7 Å². The van der Waals surface area contributed by atoms with Crippen LogP contribution in [0.4, 0.5) is 0 Å². The maximum Gasteiger partial charge on any atom is 0.326 e. The van der Waals surface area contributed by atoms with Crippen molar-refractivity contribution in [2.24, 2.45) is 0 Å². The molecule has 1 amide bonds. The average molecular weight is 263 g/mol. The van der Waals surface area contributed by atoms with E-state index in [9.17, 15) is 9.59 Å². The van der Waals surface area contributed by atoms with E-state index in [0.717, 1.165) is 0 Å². The van der Waals surface area contributed by atoms with Gasteiger partial charge < -0.3 is 15.5 Å². The van der Waals surface area contributed by atoms with Crippen LogP contribution in [0.2, 0.25) is 0 Å². The number of amides is 1. The number of aliphatic hydroxyl groups excluding tert-OH is 1. The number of rotatable bonds is 5. The van der Waals surface area contributed by atoms with Gasteiger partial charge >= 0.3 is 5.97 Å². The van der Waals surface area contributed by atoms with E-state index in [1.54, 1.807) is 6.92 Å². The van der Waals surface area contributed by atoms with Gasteiger partial charge in [0.15, 0.2) is 0 Å². The molecule has 1 atom stereocenters. The van der Waals surface area contributed by atoms with Crippen LogP contribution in [-0.2, 0) is 4.79 Å². The summed E-state index contributed by atoms with van der Waals surface area (Å²) in [4.78, 5) is 26.5. The number of carboxylic acid groups (broad SMARTS) is 1. The van der Waals surface area contributed by atoms with Gasteiger partial charge in [-0.05, 0) is 19.1 Å². The molecule has 19 heavy (non-hydrogen) atoms. The second-order valence-corrected chi connectivity index (χ2v) is 3.82. The van der Waals surface area contributed by atoms with Crippen molar-refractivity contribution in [1.82, 2.24) is 10.3 Å². The summed E-state index contributed by atoms with van der Waals surface area (Å²) >= 11 is 0. The molecule has 100 valence electrons. The number of aliphatic hydroxyl groups is 1. The largest absolute Gasteiger partial charge is 0.480 e. The Labute approximate surface area is 109 Å². The van der Waals surface area contributed by atoms with Crippen molar-refractivity contribution in [1.29, 1.82) is 5.26 Å². The highest BCUT2D eigenvalue weighted by Gasteiger charge is 2.20. The summed E-state index contributed by atoms with van der Waals surface area (Å²) < 4.78 is 0. The number of nitriles is 1. The normalized spacial score (nSPS) is 11.4. The quantitative estimate of drug-likeness (QED) is 0.677. The van der Waals surface area contributed by atoms with Crippen LogP contribution in [0.1, 0.15) is 28.2 Å². The molecule has 1 rings (SSSR count). The third kappa shape index (κ3) is 3.76. The second kappa shape index (κ2) is 6.47. The zero-order valence-corrected chi connectivity index (χ0v) is 10.3. The van der Waals surface area contributed by atoms with Crippen molar-refractivity contribution in [2.45, 2.75) is 19.4 Å². The summed E-state index contributed by atoms with van der Waals surface area (Å²) in [5, 5.41) is 28.6. The molecule has 0 bridgehead atoms. The molecule has 1 aromatic rings. The molecule has 1 aromatic heterocycles. The molecule has 0 aliphatic heterocycles. The maximum absolute atomic E-state index is 11.8. The van der Waals surface area contributed by atoms with Crippen molar-refractivity contribution in [3.8, 4) is 6.07 Å². The molecule has 0 saturated heterocycles. The van der Waals surface area contributed by atoms with E-state index in [1.807, 2.05) is 6.07 Å². The monoisotopic (exact) mass is 263 g/mol. The third-order valence-corrected chi connectivity index (χ3v) is 2.46. The van der Waals surface area contributed by atoms with E-state index in [0.29, 0.717) is 11.3 Å². The summed E-state index contributed by atoms with van der Waals surface area (Å²) in [5.74, 6) is -1.89. The fourth-order valence-electron chi connectivity index (χ4n) is 1.42. The summed E-state index contributed by atoms with van der Waals surface area (Å²) in [5.41, 5.74) is 0.770. The minimum atomic E-state index is -1.23. The van der Waals surface area contributed by atoms with Crippen LogP contribution < -0.4 is 5.32 Å². The fourth-order valence-corrected chi connectivity index (χ4v) is 1.42. The Morgan fingerprint density at radius 1 is 1.53 bits per heavy atom. The van der Waals surface area contributed by atoms with Crippen molar-refractivity contribution < 1.29 is 19.8 Å². The molecular weight excluding hydrogens is 250 g/mol. The first-order valence-corrected chi connectivity index (χ1v) is 5.52. The van der Waals surface area contributed by atoms with Gasteiger partial charge in [-0.2, -0.15) is 5.26 Å². The first kappa shape index (κ1) is 14.6. The van der Waals surface area contributed by atoms with Crippen molar-refractivity contribution in [2.75, 3.05) is 6.61 Å². The molecule has 0 saturated carbocycles. The number of carbonyl (C=O) groups is 2. The second-order valence-electron chi connectivity index (χ2n) is 3.82. The molecule has 7 heteroatoms. The number of pyridine rings is 1. The number of hydrogen-bond acceptors (Lipinski definition) is 5. The topological polar surface area (TPSA) is 123 Å². The van der Waals surface area contributed by atoms with Gasteiger partial charge in [0.25, 0.3) is 5.91 Å². The Hall–Kier alpha value is -2.46. The highest BCUT2D eigenvalue weighted by Crippen LogP contribution is 2.06. The highest BCUT2D eigenvalue weighted by molar-refractivity contribution is 5.95. The summed E-state index contributed by atoms with van der Waals surface area (Å²) in [6.07, 6.45) is -0.0870. The predicted molar refractivity (Wildman–Crippen MR) is 64.3 cm³/mol. The number of carbonyl (C=O) groups excluding carboxylic acids is 1. The van der Waals surface area contributed by atoms with Crippen molar-refractivity contribution in [3.63, 3.8) is 0 Å². The van der Waals surface area contributed by atoms with Gasteiger partial charge in [0.05, 0.1) is 11.3 Å². The van der Waals surface area contributed by atoms with E-state index >= 15 is 0 Å². The first-order valence-electron chi connectivity index (χ1n) is 5.52. The van der Waals surface area contributed by atoms with Gasteiger partial charge in [-0.15, -0.1) is 0 Å². The number of nitrogens with zero attached hydrogens (tertiary/aromatic N) is 2. The Morgan fingerprint density at radius 3 is 2.68 bits per heavy atom. The van der Waals surface area contributed by atoms with Gasteiger partial charge in [-0.25, -0.2) is 9.78 Å². The smallest absolute Gasteiger partial charge is 0.326 e. The van der Waals surface area contributed by atoms with Crippen LogP contribution >= 0.6 is 0 Å². The molecule has 3 N–H and O–H groups in total. The minimum Gasteiger partial charge on any atom is -0.480 e. The Morgan fingerprint density at radius 2 is 2.21 bits per heavy atom. The Bertz CT molecular complexity index is 536. The lowest BCUT2D eigenvalue weighted by atomic mass is 10.2. The molecule has 1 unspecified atom stereocenters. The van der Waals surface area contributed by atoms with Crippen LogP contribution in [0.15, 0.2) is 12.1 Å². The number of nitrogens with one attached hydrogen (secondary N) is 1. The predicted octanol–water partition coefficient (Wildman–Crippen LogP) is -0.173. The van der Waals surface area contributed by atoms with Gasteiger partial charge in [0.2, 0.25) is 0 Å². The number of aliphatic carboxylic acids is 1. The molecular formula is C12H13N3O4. The zero-order valence-electron chi connectivity index (χ0n) is 10.3. The van der Waals surface area contributed by atoms with Crippen LogP contribution in [0, 0.1) is 18.3 Å².